The normalized spacial score (nSPS) is 24.1. The van der Waals surface area contributed by atoms with Crippen molar-refractivity contribution in [3.05, 3.63) is 108 Å². The summed E-state index contributed by atoms with van der Waals surface area (Å²) in [6, 6.07) is 28.8. The van der Waals surface area contributed by atoms with Gasteiger partial charge in [0.25, 0.3) is 0 Å². The number of carbonyl (C=O) groups is 1. The van der Waals surface area contributed by atoms with Crippen molar-refractivity contribution in [3.8, 4) is 0 Å². The Hall–Kier alpha value is -3.07. The number of esters is 1. The van der Waals surface area contributed by atoms with Crippen molar-refractivity contribution in [2.24, 2.45) is 0 Å². The van der Waals surface area contributed by atoms with Gasteiger partial charge in [-0.1, -0.05) is 91.0 Å². The minimum absolute atomic E-state index is 0.217. The van der Waals surface area contributed by atoms with Gasteiger partial charge in [-0.25, -0.2) is 4.79 Å². The third-order valence-corrected chi connectivity index (χ3v) is 5.80. The molecule has 1 heterocycles. The number of carbonyl (C=O) groups excluding carboxylic acids is 1. The van der Waals surface area contributed by atoms with Crippen molar-refractivity contribution in [1.82, 2.24) is 0 Å². The first-order valence-corrected chi connectivity index (χ1v) is 11.5. The van der Waals surface area contributed by atoms with E-state index in [2.05, 4.69) is 0 Å². The molecule has 1 saturated heterocycles. The van der Waals surface area contributed by atoms with E-state index in [0.29, 0.717) is 0 Å². The molecule has 5 atom stereocenters. The zero-order chi connectivity index (χ0) is 24.5. The summed E-state index contributed by atoms with van der Waals surface area (Å²) in [5, 5.41) is 10.8. The molecule has 7 nitrogen and oxygen atoms in total. The maximum atomic E-state index is 12.6. The second kappa shape index (κ2) is 12.6. The number of benzene rings is 3. The van der Waals surface area contributed by atoms with Crippen LogP contribution in [-0.4, -0.2) is 48.9 Å². The largest absolute Gasteiger partial charge is 0.467 e. The number of methoxy groups -OCH3 is 1. The van der Waals surface area contributed by atoms with E-state index in [1.807, 2.05) is 91.0 Å². The Morgan fingerprint density at radius 3 is 1.51 bits per heavy atom. The molecule has 1 N–H and O–H groups in total. The summed E-state index contributed by atoms with van der Waals surface area (Å²) >= 11 is 0. The van der Waals surface area contributed by atoms with Crippen LogP contribution >= 0.6 is 0 Å². The lowest BCUT2D eigenvalue weighted by molar-refractivity contribution is -0.308. The number of aliphatic hydroxyl groups is 1. The van der Waals surface area contributed by atoms with E-state index in [4.69, 9.17) is 23.7 Å². The Labute approximate surface area is 205 Å². The molecule has 35 heavy (non-hydrogen) atoms. The first-order valence-electron chi connectivity index (χ1n) is 11.5. The van der Waals surface area contributed by atoms with Gasteiger partial charge in [-0.15, -0.1) is 0 Å². The number of aliphatic hydroxyl groups excluding tert-OH is 1. The molecule has 1 aliphatic heterocycles. The Morgan fingerprint density at radius 1 is 0.686 bits per heavy atom. The van der Waals surface area contributed by atoms with Gasteiger partial charge < -0.3 is 28.8 Å². The average Bonchev–Trinajstić information content (AvgIpc) is 2.91. The van der Waals surface area contributed by atoms with Gasteiger partial charge in [0.15, 0.2) is 12.4 Å². The quantitative estimate of drug-likeness (QED) is 0.446. The van der Waals surface area contributed by atoms with Crippen molar-refractivity contribution < 1.29 is 33.6 Å². The van der Waals surface area contributed by atoms with Crippen LogP contribution in [0.2, 0.25) is 0 Å². The molecule has 7 heteroatoms. The van der Waals surface area contributed by atoms with Gasteiger partial charge in [0.1, 0.15) is 18.3 Å². The lowest BCUT2D eigenvalue weighted by Crippen LogP contribution is -2.62. The van der Waals surface area contributed by atoms with Gasteiger partial charge in [-0.3, -0.25) is 0 Å². The number of rotatable bonds is 10. The van der Waals surface area contributed by atoms with Crippen LogP contribution in [0.5, 0.6) is 0 Å². The fraction of sp³-hybridized carbons (Fsp3) is 0.321. The van der Waals surface area contributed by atoms with Crippen LogP contribution in [0, 0.1) is 0 Å². The van der Waals surface area contributed by atoms with E-state index in [0.717, 1.165) is 16.7 Å². The number of ether oxygens (including phenoxy) is 5. The zero-order valence-electron chi connectivity index (χ0n) is 19.6. The fourth-order valence-corrected chi connectivity index (χ4v) is 3.98. The molecule has 3 aromatic rings. The van der Waals surface area contributed by atoms with Gasteiger partial charge in [-0.2, -0.15) is 0 Å². The Bertz CT molecular complexity index is 1030. The summed E-state index contributed by atoms with van der Waals surface area (Å²) in [7, 11) is 1.27. The highest BCUT2D eigenvalue weighted by Gasteiger charge is 2.51. The first-order chi connectivity index (χ1) is 17.2. The maximum Gasteiger partial charge on any atom is 0.337 e. The summed E-state index contributed by atoms with van der Waals surface area (Å²) in [5.74, 6) is -0.656. The van der Waals surface area contributed by atoms with Crippen LogP contribution in [0.25, 0.3) is 0 Å². The van der Waals surface area contributed by atoms with Gasteiger partial charge in [0, 0.05) is 0 Å². The Morgan fingerprint density at radius 2 is 1.09 bits per heavy atom. The van der Waals surface area contributed by atoms with Crippen molar-refractivity contribution in [3.63, 3.8) is 0 Å². The summed E-state index contributed by atoms with van der Waals surface area (Å²) < 4.78 is 29.2. The molecular formula is C28H30O7. The Balaban J connectivity index is 1.59. The highest BCUT2D eigenvalue weighted by molar-refractivity contribution is 5.75. The summed E-state index contributed by atoms with van der Waals surface area (Å²) in [5.41, 5.74) is 2.79. The standard InChI is InChI=1S/C28H30O7/c1-31-27(29)26-24(33-18-21-13-7-3-8-14-21)23(32-17-20-11-5-2-6-12-20)25(28(30)35-26)34-19-22-15-9-4-10-16-22/h2-16,23-26,28,30H,17-19H2,1H3/t23-,24-,25-,26-,28+/m0/s1. The molecule has 0 aromatic heterocycles. The summed E-state index contributed by atoms with van der Waals surface area (Å²) in [6.07, 6.45) is -5.19. The van der Waals surface area contributed by atoms with Crippen LogP contribution < -0.4 is 0 Å². The third-order valence-electron chi connectivity index (χ3n) is 5.80. The second-order valence-corrected chi connectivity index (χ2v) is 8.25. The maximum absolute atomic E-state index is 12.6. The number of hydrogen-bond donors (Lipinski definition) is 1. The highest BCUT2D eigenvalue weighted by atomic mass is 16.7. The molecular weight excluding hydrogens is 448 g/mol. The van der Waals surface area contributed by atoms with Crippen molar-refractivity contribution in [2.75, 3.05) is 7.11 Å². The smallest absolute Gasteiger partial charge is 0.337 e. The monoisotopic (exact) mass is 478 g/mol. The summed E-state index contributed by atoms with van der Waals surface area (Å²) in [4.78, 5) is 12.6. The topological polar surface area (TPSA) is 83.5 Å². The van der Waals surface area contributed by atoms with Gasteiger partial charge in [0.05, 0.1) is 26.9 Å². The molecule has 3 aromatic carbocycles. The minimum atomic E-state index is -1.42. The minimum Gasteiger partial charge on any atom is -0.467 e. The first kappa shape index (κ1) is 25.0. The molecule has 0 spiro atoms. The lowest BCUT2D eigenvalue weighted by atomic mass is 9.97. The van der Waals surface area contributed by atoms with E-state index < -0.39 is 36.7 Å². The molecule has 0 bridgehead atoms. The number of hydrogen-bond acceptors (Lipinski definition) is 7. The van der Waals surface area contributed by atoms with E-state index in [9.17, 15) is 9.90 Å². The molecule has 4 rings (SSSR count). The van der Waals surface area contributed by atoms with Gasteiger partial charge in [-0.05, 0) is 16.7 Å². The van der Waals surface area contributed by atoms with E-state index in [1.54, 1.807) is 0 Å². The average molecular weight is 479 g/mol. The molecule has 1 fully saturated rings. The predicted octanol–water partition coefficient (Wildman–Crippen LogP) is 3.63. The van der Waals surface area contributed by atoms with Gasteiger partial charge >= 0.3 is 5.97 Å². The second-order valence-electron chi connectivity index (χ2n) is 8.25. The highest BCUT2D eigenvalue weighted by Crippen LogP contribution is 2.30. The molecule has 0 amide bonds. The van der Waals surface area contributed by atoms with E-state index >= 15 is 0 Å². The molecule has 0 radical (unpaired) electrons. The van der Waals surface area contributed by atoms with Crippen molar-refractivity contribution >= 4 is 5.97 Å². The molecule has 184 valence electrons. The lowest BCUT2D eigenvalue weighted by Gasteiger charge is -2.43. The molecule has 1 aliphatic rings. The van der Waals surface area contributed by atoms with E-state index in [-0.39, 0.29) is 19.8 Å². The van der Waals surface area contributed by atoms with Crippen molar-refractivity contribution in [2.45, 2.75) is 50.5 Å². The van der Waals surface area contributed by atoms with Crippen LogP contribution in [0.1, 0.15) is 16.7 Å². The van der Waals surface area contributed by atoms with Crippen LogP contribution in [-0.2, 0) is 48.3 Å². The van der Waals surface area contributed by atoms with Crippen LogP contribution in [0.15, 0.2) is 91.0 Å². The fourth-order valence-electron chi connectivity index (χ4n) is 3.98. The van der Waals surface area contributed by atoms with Crippen LogP contribution in [0.4, 0.5) is 0 Å². The van der Waals surface area contributed by atoms with Crippen LogP contribution in [0.3, 0.4) is 0 Å². The van der Waals surface area contributed by atoms with E-state index in [1.165, 1.54) is 7.11 Å². The molecule has 0 unspecified atom stereocenters. The third kappa shape index (κ3) is 6.75. The van der Waals surface area contributed by atoms with Gasteiger partial charge in [0.2, 0.25) is 0 Å². The van der Waals surface area contributed by atoms with Crippen molar-refractivity contribution in [1.29, 1.82) is 0 Å². The molecule has 0 aliphatic carbocycles. The molecule has 0 saturated carbocycles. The zero-order valence-corrected chi connectivity index (χ0v) is 19.6. The Kier molecular flexibility index (Phi) is 9.00. The predicted molar refractivity (Wildman–Crippen MR) is 128 cm³/mol. The SMILES string of the molecule is COC(=O)[C@H]1O[C@@H](O)[C@@H](OCc2ccccc2)[C@@H](OCc2ccccc2)[C@@H]1OCc1ccccc1. The summed E-state index contributed by atoms with van der Waals surface area (Å²) in [6.45, 7) is 0.684.